The van der Waals surface area contributed by atoms with E-state index < -0.39 is 11.6 Å². The fraction of sp³-hybridized carbons (Fsp3) is 0.652. The Balaban J connectivity index is 2.00. The molecule has 7 heteroatoms. The Bertz CT molecular complexity index is 738. The first-order chi connectivity index (χ1) is 14.6. The van der Waals surface area contributed by atoms with Crippen LogP contribution in [0.3, 0.4) is 0 Å². The van der Waals surface area contributed by atoms with Gasteiger partial charge < -0.3 is 9.80 Å². The first-order valence-electron chi connectivity index (χ1n) is 11.3. The summed E-state index contributed by atoms with van der Waals surface area (Å²) in [5.41, 5.74) is 0.249. The van der Waals surface area contributed by atoms with Crippen molar-refractivity contribution in [2.24, 2.45) is 0 Å². The number of anilines is 1. The summed E-state index contributed by atoms with van der Waals surface area (Å²) < 4.78 is 31.7. The Morgan fingerprint density at radius 1 is 0.833 bits per heavy atom. The number of aromatic nitrogens is 2. The average Bonchev–Trinajstić information content (AvgIpc) is 3.20. The number of hydrogen-bond donors (Lipinski definition) is 0. The van der Waals surface area contributed by atoms with E-state index >= 15 is 0 Å². The number of rotatable bonds is 15. The highest BCUT2D eigenvalue weighted by molar-refractivity contribution is 7.09. The summed E-state index contributed by atoms with van der Waals surface area (Å²) in [6.45, 7) is 11.9. The smallest absolute Gasteiger partial charge is 0.205 e. The second-order valence-corrected chi connectivity index (χ2v) is 8.50. The fourth-order valence-electron chi connectivity index (χ4n) is 3.50. The van der Waals surface area contributed by atoms with Gasteiger partial charge in [-0.3, -0.25) is 0 Å². The Hall–Kier alpha value is -1.60. The van der Waals surface area contributed by atoms with Gasteiger partial charge in [0.15, 0.2) is 5.82 Å². The lowest BCUT2D eigenvalue weighted by Crippen LogP contribution is -2.32. The van der Waals surface area contributed by atoms with E-state index in [1.54, 1.807) is 0 Å². The van der Waals surface area contributed by atoms with E-state index in [1.807, 2.05) is 0 Å². The van der Waals surface area contributed by atoms with Gasteiger partial charge in [0, 0.05) is 30.7 Å². The van der Waals surface area contributed by atoms with Crippen LogP contribution in [0.25, 0.3) is 11.4 Å². The third-order valence-electron chi connectivity index (χ3n) is 5.16. The maximum absolute atomic E-state index is 14.1. The number of nitrogens with zero attached hydrogens (tertiary/aromatic N) is 4. The fourth-order valence-corrected chi connectivity index (χ4v) is 4.23. The zero-order valence-electron chi connectivity index (χ0n) is 18.7. The van der Waals surface area contributed by atoms with Crippen molar-refractivity contribution in [3.05, 3.63) is 29.8 Å². The molecule has 0 saturated carbocycles. The zero-order chi connectivity index (χ0) is 21.8. The van der Waals surface area contributed by atoms with Crippen LogP contribution >= 0.6 is 11.5 Å². The Morgan fingerprint density at radius 3 is 2.27 bits per heavy atom. The molecule has 0 amide bonds. The standard InChI is InChI=1S/C23H36F2N4S/c1-4-7-9-14-28(13-6-3)15-10-17-29(16-8-5-2)23-26-22(27-30-23)20-12-11-19(24)18-21(20)25/h11-12,18H,4-10,13-17H2,1-3H3. The lowest BCUT2D eigenvalue weighted by molar-refractivity contribution is 0.265. The molecule has 1 heterocycles. The van der Waals surface area contributed by atoms with Crippen LogP contribution in [0.5, 0.6) is 0 Å². The number of halogens is 2. The van der Waals surface area contributed by atoms with E-state index in [2.05, 4.69) is 39.9 Å². The van der Waals surface area contributed by atoms with Gasteiger partial charge in [-0.15, -0.1) is 0 Å². The van der Waals surface area contributed by atoms with Gasteiger partial charge in [0.05, 0.1) is 5.56 Å². The highest BCUT2D eigenvalue weighted by Crippen LogP contribution is 2.26. The predicted octanol–water partition coefficient (Wildman–Crippen LogP) is 6.38. The molecule has 1 aromatic heterocycles. The molecule has 2 rings (SSSR count). The molecule has 0 radical (unpaired) electrons. The molecular weight excluding hydrogens is 402 g/mol. The van der Waals surface area contributed by atoms with Crippen LogP contribution in [0.4, 0.5) is 13.9 Å². The molecule has 2 aromatic rings. The molecule has 0 spiro atoms. The SMILES string of the molecule is CCCCCN(CCC)CCCN(CCCC)c1nc(-c2ccc(F)cc2F)ns1. The molecule has 0 bridgehead atoms. The zero-order valence-corrected chi connectivity index (χ0v) is 19.5. The van der Waals surface area contributed by atoms with Crippen LogP contribution < -0.4 is 4.90 Å². The van der Waals surface area contributed by atoms with Gasteiger partial charge in [-0.1, -0.05) is 40.0 Å². The summed E-state index contributed by atoms with van der Waals surface area (Å²) in [6.07, 6.45) is 8.22. The molecule has 0 aliphatic carbocycles. The molecule has 4 nitrogen and oxygen atoms in total. The molecule has 0 saturated heterocycles. The second kappa shape index (κ2) is 13.7. The van der Waals surface area contributed by atoms with Crippen LogP contribution in [-0.2, 0) is 0 Å². The van der Waals surface area contributed by atoms with E-state index in [4.69, 9.17) is 0 Å². The van der Waals surface area contributed by atoms with Gasteiger partial charge >= 0.3 is 0 Å². The predicted molar refractivity (Wildman–Crippen MR) is 123 cm³/mol. The van der Waals surface area contributed by atoms with Crippen LogP contribution in [0.15, 0.2) is 18.2 Å². The molecule has 0 N–H and O–H groups in total. The second-order valence-electron chi connectivity index (χ2n) is 7.77. The minimum absolute atomic E-state index is 0.249. The minimum atomic E-state index is -0.623. The van der Waals surface area contributed by atoms with E-state index in [0.29, 0.717) is 5.82 Å². The largest absolute Gasteiger partial charge is 0.347 e. The third-order valence-corrected chi connectivity index (χ3v) is 5.94. The van der Waals surface area contributed by atoms with E-state index in [0.717, 1.165) is 56.6 Å². The van der Waals surface area contributed by atoms with Crippen molar-refractivity contribution >= 4 is 16.7 Å². The van der Waals surface area contributed by atoms with E-state index in [-0.39, 0.29) is 5.56 Å². The number of unbranched alkanes of at least 4 members (excludes halogenated alkanes) is 3. The first-order valence-corrected chi connectivity index (χ1v) is 12.1. The highest BCUT2D eigenvalue weighted by Gasteiger charge is 2.16. The van der Waals surface area contributed by atoms with Gasteiger partial charge in [-0.2, -0.15) is 9.36 Å². The summed E-state index contributed by atoms with van der Waals surface area (Å²) in [7, 11) is 0. The maximum Gasteiger partial charge on any atom is 0.205 e. The number of benzene rings is 1. The van der Waals surface area contributed by atoms with Crippen molar-refractivity contribution in [1.29, 1.82) is 0 Å². The maximum atomic E-state index is 14.1. The van der Waals surface area contributed by atoms with Gasteiger partial charge in [-0.25, -0.2) is 8.78 Å². The Morgan fingerprint density at radius 2 is 1.57 bits per heavy atom. The summed E-state index contributed by atoms with van der Waals surface area (Å²) in [5, 5.41) is 0.815. The first kappa shape index (κ1) is 24.7. The monoisotopic (exact) mass is 438 g/mol. The van der Waals surface area contributed by atoms with Gasteiger partial charge in [-0.05, 0) is 57.5 Å². The van der Waals surface area contributed by atoms with Crippen LogP contribution in [0.1, 0.15) is 65.7 Å². The van der Waals surface area contributed by atoms with Crippen LogP contribution in [0, 0.1) is 11.6 Å². The molecule has 0 unspecified atom stereocenters. The van der Waals surface area contributed by atoms with Crippen molar-refractivity contribution in [2.45, 2.75) is 65.7 Å². The minimum Gasteiger partial charge on any atom is -0.347 e. The molecule has 168 valence electrons. The average molecular weight is 439 g/mol. The summed E-state index contributed by atoms with van der Waals surface area (Å²) in [6, 6.07) is 3.53. The molecular formula is C23H36F2N4S. The van der Waals surface area contributed by atoms with Crippen molar-refractivity contribution < 1.29 is 8.78 Å². The lowest BCUT2D eigenvalue weighted by Gasteiger charge is -2.25. The molecule has 1 aromatic carbocycles. The normalized spacial score (nSPS) is 11.4. The molecule has 0 fully saturated rings. The third kappa shape index (κ3) is 7.91. The molecule has 0 aliphatic heterocycles. The quantitative estimate of drug-likeness (QED) is 0.302. The molecule has 30 heavy (non-hydrogen) atoms. The molecule has 0 atom stereocenters. The molecule has 0 aliphatic rings. The summed E-state index contributed by atoms with van der Waals surface area (Å²) in [4.78, 5) is 9.41. The Kier molecular flexibility index (Phi) is 11.2. The number of hydrogen-bond acceptors (Lipinski definition) is 5. The van der Waals surface area contributed by atoms with Crippen molar-refractivity contribution in [3.8, 4) is 11.4 Å². The van der Waals surface area contributed by atoms with Crippen LogP contribution in [-0.4, -0.2) is 47.0 Å². The lowest BCUT2D eigenvalue weighted by atomic mass is 10.2. The van der Waals surface area contributed by atoms with Crippen LogP contribution in [0.2, 0.25) is 0 Å². The topological polar surface area (TPSA) is 32.3 Å². The van der Waals surface area contributed by atoms with E-state index in [9.17, 15) is 8.78 Å². The highest BCUT2D eigenvalue weighted by atomic mass is 32.1. The summed E-state index contributed by atoms with van der Waals surface area (Å²) in [5.74, 6) is -0.880. The van der Waals surface area contributed by atoms with Gasteiger partial charge in [0.25, 0.3) is 0 Å². The van der Waals surface area contributed by atoms with Crippen molar-refractivity contribution in [3.63, 3.8) is 0 Å². The Labute approximate surface area is 184 Å². The van der Waals surface area contributed by atoms with Crippen molar-refractivity contribution in [2.75, 3.05) is 37.6 Å². The van der Waals surface area contributed by atoms with Crippen molar-refractivity contribution in [1.82, 2.24) is 14.3 Å². The van der Waals surface area contributed by atoms with Gasteiger partial charge in [0.1, 0.15) is 11.6 Å². The summed E-state index contributed by atoms with van der Waals surface area (Å²) >= 11 is 1.29. The van der Waals surface area contributed by atoms with Gasteiger partial charge in [0.2, 0.25) is 5.13 Å². The van der Waals surface area contributed by atoms with E-state index in [1.165, 1.54) is 55.9 Å².